The predicted molar refractivity (Wildman–Crippen MR) is 122 cm³/mol. The summed E-state index contributed by atoms with van der Waals surface area (Å²) in [5.41, 5.74) is 0.669. The van der Waals surface area contributed by atoms with Gasteiger partial charge in [0.25, 0.3) is 0 Å². The molecule has 2 aromatic carbocycles. The highest BCUT2D eigenvalue weighted by atomic mass is 16.4. The first-order valence-corrected chi connectivity index (χ1v) is 10.5. The molecule has 3 N–H and O–H groups in total. The molecule has 0 bridgehead atoms. The van der Waals surface area contributed by atoms with E-state index in [1.54, 1.807) is 24.3 Å². The Hall–Kier alpha value is -4.24. The van der Waals surface area contributed by atoms with E-state index in [0.717, 1.165) is 12.1 Å². The Morgan fingerprint density at radius 2 is 1.15 bits per heavy atom. The zero-order valence-electron chi connectivity index (χ0n) is 17.8. The van der Waals surface area contributed by atoms with Gasteiger partial charge in [0.1, 0.15) is 11.2 Å². The van der Waals surface area contributed by atoms with Crippen molar-refractivity contribution in [3.05, 3.63) is 91.6 Å². The van der Waals surface area contributed by atoms with Crippen LogP contribution >= 0.6 is 0 Å². The number of carboxylic acids is 2. The van der Waals surface area contributed by atoms with Crippen molar-refractivity contribution in [1.29, 1.82) is 0 Å². The molecule has 0 aliphatic rings. The molecular formula is C25H20O9. The maximum Gasteiger partial charge on any atom is 0.371 e. The molecule has 2 heterocycles. The molecule has 9 heteroatoms. The van der Waals surface area contributed by atoms with E-state index < -0.39 is 40.4 Å². The molecule has 34 heavy (non-hydrogen) atoms. The van der Waals surface area contributed by atoms with Crippen molar-refractivity contribution in [2.45, 2.75) is 31.8 Å². The summed E-state index contributed by atoms with van der Waals surface area (Å²) in [7, 11) is 0. The second-order valence-electron chi connectivity index (χ2n) is 7.87. The lowest BCUT2D eigenvalue weighted by molar-refractivity contribution is 0.0653. The molecule has 0 saturated heterocycles. The molecule has 0 saturated carbocycles. The highest BCUT2D eigenvalue weighted by Gasteiger charge is 2.16. The summed E-state index contributed by atoms with van der Waals surface area (Å²) in [5.74, 6) is -3.54. The molecule has 0 atom stereocenters. The van der Waals surface area contributed by atoms with Crippen molar-refractivity contribution in [3.63, 3.8) is 0 Å². The van der Waals surface area contributed by atoms with Crippen LogP contribution in [0.2, 0.25) is 0 Å². The van der Waals surface area contributed by atoms with Gasteiger partial charge < -0.3 is 24.2 Å². The van der Waals surface area contributed by atoms with E-state index in [1.165, 1.54) is 12.1 Å². The highest BCUT2D eigenvalue weighted by Crippen LogP contribution is 2.22. The minimum absolute atomic E-state index is 0.167. The maximum atomic E-state index is 12.4. The van der Waals surface area contributed by atoms with Crippen molar-refractivity contribution in [1.82, 2.24) is 0 Å². The number of hydrogen-bond acceptors (Lipinski definition) is 7. The van der Waals surface area contributed by atoms with Crippen LogP contribution in [0.1, 0.15) is 45.1 Å². The number of rotatable bonds is 8. The average molecular weight is 464 g/mol. The maximum absolute atomic E-state index is 12.4. The lowest BCUT2D eigenvalue weighted by Gasteiger charge is -2.12. The van der Waals surface area contributed by atoms with Gasteiger partial charge in [-0.15, -0.1) is 0 Å². The molecule has 9 nitrogen and oxygen atoms in total. The number of aryl methyl sites for hydroxylation is 2. The summed E-state index contributed by atoms with van der Waals surface area (Å²) >= 11 is 0. The largest absolute Gasteiger partial charge is 0.475 e. The number of aliphatic hydroxyl groups excluding tert-OH is 1. The fourth-order valence-electron chi connectivity index (χ4n) is 3.98. The number of hydrogen-bond donors (Lipinski definition) is 3. The number of carboxylic acid groups (broad SMARTS) is 2. The van der Waals surface area contributed by atoms with E-state index in [9.17, 15) is 24.3 Å². The number of fused-ring (bicyclic) bond motifs is 2. The standard InChI is InChI=1S/C25H20O9/c26-15(9-7-13-3-1-5-18-22(13)16(27)11-20(33-18)24(29)30)10-8-14-4-2-6-19-23(14)17(28)12-21(34-19)25(31)32/h1-6,11-12,15,26H,7-10H2,(H,29,30)(H,31,32). The van der Waals surface area contributed by atoms with Crippen molar-refractivity contribution in [3.8, 4) is 0 Å². The van der Waals surface area contributed by atoms with E-state index in [4.69, 9.17) is 19.0 Å². The predicted octanol–water partition coefficient (Wildman–Crippen LogP) is 3.22. The van der Waals surface area contributed by atoms with Crippen LogP contribution in [0.15, 0.2) is 67.0 Å². The van der Waals surface area contributed by atoms with E-state index in [2.05, 4.69) is 0 Å². The summed E-state index contributed by atoms with van der Waals surface area (Å²) in [6.07, 6.45) is 0.606. The van der Waals surface area contributed by atoms with Crippen molar-refractivity contribution < 1.29 is 33.7 Å². The van der Waals surface area contributed by atoms with Gasteiger partial charge in [-0.05, 0) is 48.9 Å². The van der Waals surface area contributed by atoms with Gasteiger partial charge >= 0.3 is 11.9 Å². The first-order valence-electron chi connectivity index (χ1n) is 10.5. The zero-order valence-corrected chi connectivity index (χ0v) is 17.8. The third-order valence-corrected chi connectivity index (χ3v) is 5.60. The summed E-state index contributed by atoms with van der Waals surface area (Å²) in [6, 6.07) is 11.7. The summed E-state index contributed by atoms with van der Waals surface area (Å²) in [6.45, 7) is 0. The normalized spacial score (nSPS) is 11.4. The molecule has 0 amide bonds. The van der Waals surface area contributed by atoms with Crippen LogP contribution in [0.5, 0.6) is 0 Å². The Kier molecular flexibility index (Phi) is 6.29. The van der Waals surface area contributed by atoms with Gasteiger partial charge in [-0.1, -0.05) is 24.3 Å². The number of carbonyl (C=O) groups is 2. The molecule has 0 unspecified atom stereocenters. The molecule has 4 aromatic rings. The van der Waals surface area contributed by atoms with E-state index in [1.807, 2.05) is 0 Å². The van der Waals surface area contributed by atoms with Crippen LogP contribution in [0, 0.1) is 0 Å². The Morgan fingerprint density at radius 1 is 0.735 bits per heavy atom. The quantitative estimate of drug-likeness (QED) is 0.356. The van der Waals surface area contributed by atoms with Gasteiger partial charge in [-0.25, -0.2) is 9.59 Å². The minimum atomic E-state index is -1.33. The van der Waals surface area contributed by atoms with Crippen LogP contribution in [-0.4, -0.2) is 33.4 Å². The lowest BCUT2D eigenvalue weighted by Crippen LogP contribution is -2.13. The van der Waals surface area contributed by atoms with E-state index in [-0.39, 0.29) is 21.9 Å². The van der Waals surface area contributed by atoms with Crippen molar-refractivity contribution >= 4 is 33.9 Å². The number of aromatic carboxylic acids is 2. The number of benzene rings is 2. The second-order valence-corrected chi connectivity index (χ2v) is 7.87. The van der Waals surface area contributed by atoms with Crippen LogP contribution in [-0.2, 0) is 12.8 Å². The lowest BCUT2D eigenvalue weighted by atomic mass is 9.97. The Bertz CT molecular complexity index is 1410. The first-order chi connectivity index (χ1) is 16.2. The topological polar surface area (TPSA) is 155 Å². The van der Waals surface area contributed by atoms with Crippen LogP contribution in [0.4, 0.5) is 0 Å². The fraction of sp³-hybridized carbons (Fsp3) is 0.200. The minimum Gasteiger partial charge on any atom is -0.475 e. The molecular weight excluding hydrogens is 444 g/mol. The molecule has 0 radical (unpaired) electrons. The van der Waals surface area contributed by atoms with Gasteiger partial charge in [-0.2, -0.15) is 0 Å². The highest BCUT2D eigenvalue weighted by molar-refractivity contribution is 5.89. The van der Waals surface area contributed by atoms with Gasteiger partial charge in [0.15, 0.2) is 10.9 Å². The van der Waals surface area contributed by atoms with Crippen LogP contribution < -0.4 is 10.9 Å². The van der Waals surface area contributed by atoms with Gasteiger partial charge in [0, 0.05) is 12.1 Å². The van der Waals surface area contributed by atoms with Crippen LogP contribution in [0.25, 0.3) is 21.9 Å². The number of aliphatic hydroxyl groups is 1. The van der Waals surface area contributed by atoms with Crippen molar-refractivity contribution in [2.24, 2.45) is 0 Å². The SMILES string of the molecule is O=C(O)c1cc(=O)c2c(CCC(O)CCc3cccc4oc(C(=O)O)cc(=O)c34)cccc2o1. The van der Waals surface area contributed by atoms with Gasteiger partial charge in [0.05, 0.1) is 16.9 Å². The molecule has 0 spiro atoms. The fourth-order valence-corrected chi connectivity index (χ4v) is 3.98. The van der Waals surface area contributed by atoms with Gasteiger partial charge in [-0.3, -0.25) is 9.59 Å². The Morgan fingerprint density at radius 3 is 1.53 bits per heavy atom. The zero-order chi connectivity index (χ0) is 24.4. The smallest absolute Gasteiger partial charge is 0.371 e. The van der Waals surface area contributed by atoms with Crippen molar-refractivity contribution in [2.75, 3.05) is 0 Å². The summed E-state index contributed by atoms with van der Waals surface area (Å²) in [5, 5.41) is 29.2. The monoisotopic (exact) mass is 464 g/mol. The van der Waals surface area contributed by atoms with Crippen LogP contribution in [0.3, 0.4) is 0 Å². The summed E-state index contributed by atoms with van der Waals surface area (Å²) in [4.78, 5) is 47.1. The molecule has 0 aliphatic heterocycles. The molecule has 0 aliphatic carbocycles. The third-order valence-electron chi connectivity index (χ3n) is 5.60. The van der Waals surface area contributed by atoms with Gasteiger partial charge in [0.2, 0.25) is 11.5 Å². The molecule has 0 fully saturated rings. The van der Waals surface area contributed by atoms with E-state index in [0.29, 0.717) is 36.8 Å². The molecule has 174 valence electrons. The second kappa shape index (κ2) is 9.32. The molecule has 2 aromatic heterocycles. The first kappa shape index (κ1) is 22.9. The summed E-state index contributed by atoms with van der Waals surface area (Å²) < 4.78 is 10.6. The Labute approximate surface area is 191 Å². The van der Waals surface area contributed by atoms with E-state index >= 15 is 0 Å². The third kappa shape index (κ3) is 4.60. The Balaban J connectivity index is 1.49. The average Bonchev–Trinajstić information content (AvgIpc) is 2.80. The molecule has 4 rings (SSSR count).